The van der Waals surface area contributed by atoms with Crippen LogP contribution in [-0.2, 0) is 6.42 Å². The van der Waals surface area contributed by atoms with Gasteiger partial charge >= 0.3 is 0 Å². The number of carbonyl (C=O) groups is 1. The van der Waals surface area contributed by atoms with Crippen LogP contribution >= 0.6 is 0 Å². The molecular formula is C23H22N4O2. The minimum absolute atomic E-state index is 0.110. The van der Waals surface area contributed by atoms with Crippen LogP contribution in [0.3, 0.4) is 0 Å². The first-order valence-electron chi connectivity index (χ1n) is 9.98. The van der Waals surface area contributed by atoms with Crippen molar-refractivity contribution >= 4 is 22.3 Å². The summed E-state index contributed by atoms with van der Waals surface area (Å²) in [5.74, 6) is 1.21. The summed E-state index contributed by atoms with van der Waals surface area (Å²) in [4.78, 5) is 32.7. The van der Waals surface area contributed by atoms with Gasteiger partial charge in [-0.3, -0.25) is 9.59 Å². The van der Waals surface area contributed by atoms with E-state index in [0.29, 0.717) is 30.1 Å². The normalized spacial score (nSPS) is 13.8. The van der Waals surface area contributed by atoms with Crippen LogP contribution in [0, 0.1) is 6.92 Å². The van der Waals surface area contributed by atoms with E-state index in [1.165, 1.54) is 0 Å². The number of hydrogen-bond acceptors (Lipinski definition) is 3. The predicted octanol–water partition coefficient (Wildman–Crippen LogP) is 3.33. The van der Waals surface area contributed by atoms with Crippen LogP contribution in [0.2, 0.25) is 0 Å². The van der Waals surface area contributed by atoms with E-state index in [1.807, 2.05) is 60.0 Å². The molecule has 0 saturated heterocycles. The van der Waals surface area contributed by atoms with Crippen molar-refractivity contribution in [2.45, 2.75) is 32.1 Å². The Balaban J connectivity index is 1.33. The molecule has 4 aromatic rings. The summed E-state index contributed by atoms with van der Waals surface area (Å²) in [5, 5.41) is 3.92. The molecule has 1 aliphatic rings. The van der Waals surface area contributed by atoms with Crippen molar-refractivity contribution in [3.63, 3.8) is 0 Å². The van der Waals surface area contributed by atoms with Crippen molar-refractivity contribution in [3.8, 4) is 0 Å². The van der Waals surface area contributed by atoms with Crippen LogP contribution in [-0.4, -0.2) is 26.8 Å². The van der Waals surface area contributed by atoms with E-state index in [9.17, 15) is 9.59 Å². The van der Waals surface area contributed by atoms with Gasteiger partial charge in [-0.25, -0.2) is 4.98 Å². The predicted molar refractivity (Wildman–Crippen MR) is 113 cm³/mol. The van der Waals surface area contributed by atoms with E-state index in [1.54, 1.807) is 0 Å². The van der Waals surface area contributed by atoms with E-state index in [-0.39, 0.29) is 11.5 Å². The number of aromatic amines is 1. The van der Waals surface area contributed by atoms with Gasteiger partial charge in [0.15, 0.2) is 5.69 Å². The molecule has 0 bridgehead atoms. The van der Waals surface area contributed by atoms with Crippen molar-refractivity contribution in [2.24, 2.45) is 0 Å². The standard InChI is InChI=1S/C23H22N4O2/c1-14-5-6-16-13-17(22(28)25-18(16)12-14)9-10-24-23(29)20-19-4-2-3-11-27(19)21(26-20)15-7-8-15/h2-6,11-13,15H,7-10H2,1H3,(H,24,29)(H,25,28). The quantitative estimate of drug-likeness (QED) is 0.552. The molecule has 146 valence electrons. The monoisotopic (exact) mass is 386 g/mol. The van der Waals surface area contributed by atoms with Gasteiger partial charge in [0.2, 0.25) is 0 Å². The molecule has 0 radical (unpaired) electrons. The summed E-state index contributed by atoms with van der Waals surface area (Å²) < 4.78 is 2.02. The van der Waals surface area contributed by atoms with Crippen LogP contribution in [0.25, 0.3) is 16.4 Å². The zero-order valence-electron chi connectivity index (χ0n) is 16.2. The lowest BCUT2D eigenvalue weighted by atomic mass is 10.1. The lowest BCUT2D eigenvalue weighted by molar-refractivity contribution is 0.0951. The topological polar surface area (TPSA) is 79.3 Å². The minimum atomic E-state index is -0.201. The van der Waals surface area contributed by atoms with Crippen LogP contribution in [0.15, 0.2) is 53.5 Å². The van der Waals surface area contributed by atoms with Crippen LogP contribution in [0.1, 0.15) is 46.2 Å². The average molecular weight is 386 g/mol. The van der Waals surface area contributed by atoms with Gasteiger partial charge in [0.25, 0.3) is 11.5 Å². The van der Waals surface area contributed by atoms with Crippen molar-refractivity contribution < 1.29 is 4.79 Å². The van der Waals surface area contributed by atoms with Gasteiger partial charge in [0.1, 0.15) is 5.82 Å². The number of benzene rings is 1. The zero-order chi connectivity index (χ0) is 20.0. The molecule has 0 unspecified atom stereocenters. The third kappa shape index (κ3) is 3.31. The summed E-state index contributed by atoms with van der Waals surface area (Å²) in [6.45, 7) is 2.37. The Hall–Kier alpha value is -3.41. The molecule has 6 nitrogen and oxygen atoms in total. The highest BCUT2D eigenvalue weighted by molar-refractivity contribution is 5.99. The Kier molecular flexibility index (Phi) is 4.19. The fourth-order valence-electron chi connectivity index (χ4n) is 3.80. The summed E-state index contributed by atoms with van der Waals surface area (Å²) in [5.41, 5.74) is 3.77. The second-order valence-electron chi connectivity index (χ2n) is 7.77. The number of nitrogens with one attached hydrogen (secondary N) is 2. The van der Waals surface area contributed by atoms with Gasteiger partial charge in [-0.15, -0.1) is 0 Å². The van der Waals surface area contributed by atoms with E-state index in [4.69, 9.17) is 0 Å². The van der Waals surface area contributed by atoms with Gasteiger partial charge in [0.05, 0.1) is 5.52 Å². The highest BCUT2D eigenvalue weighted by Gasteiger charge is 2.30. The number of imidazole rings is 1. The van der Waals surface area contributed by atoms with Crippen LogP contribution in [0.5, 0.6) is 0 Å². The fourth-order valence-corrected chi connectivity index (χ4v) is 3.80. The number of rotatable bonds is 5. The first-order chi connectivity index (χ1) is 14.1. The number of H-pyrrole nitrogens is 1. The van der Waals surface area contributed by atoms with Gasteiger partial charge < -0.3 is 14.7 Å². The highest BCUT2D eigenvalue weighted by Crippen LogP contribution is 2.39. The lowest BCUT2D eigenvalue weighted by Gasteiger charge is -2.06. The maximum Gasteiger partial charge on any atom is 0.272 e. The molecule has 1 aromatic carbocycles. The van der Waals surface area contributed by atoms with E-state index in [0.717, 1.165) is 40.6 Å². The number of amides is 1. The molecule has 6 heteroatoms. The third-order valence-corrected chi connectivity index (χ3v) is 5.49. The number of aromatic nitrogens is 3. The molecule has 0 atom stereocenters. The molecule has 3 aromatic heterocycles. The zero-order valence-corrected chi connectivity index (χ0v) is 16.2. The first kappa shape index (κ1) is 17.7. The molecule has 5 rings (SSSR count). The Bertz CT molecular complexity index is 1300. The van der Waals surface area contributed by atoms with Gasteiger partial charge in [-0.1, -0.05) is 18.2 Å². The maximum absolute atomic E-state index is 12.8. The van der Waals surface area contributed by atoms with Gasteiger partial charge in [0, 0.05) is 29.7 Å². The second-order valence-corrected chi connectivity index (χ2v) is 7.77. The Morgan fingerprint density at radius 1 is 1.24 bits per heavy atom. The first-order valence-corrected chi connectivity index (χ1v) is 9.98. The summed E-state index contributed by atoms with van der Waals surface area (Å²) >= 11 is 0. The molecule has 3 heterocycles. The Morgan fingerprint density at radius 2 is 2.10 bits per heavy atom. The minimum Gasteiger partial charge on any atom is -0.350 e. The molecule has 0 spiro atoms. The smallest absolute Gasteiger partial charge is 0.272 e. The molecular weight excluding hydrogens is 364 g/mol. The van der Waals surface area contributed by atoms with E-state index in [2.05, 4.69) is 15.3 Å². The summed E-state index contributed by atoms with van der Waals surface area (Å²) in [6.07, 6.45) is 4.67. The molecule has 2 N–H and O–H groups in total. The Morgan fingerprint density at radius 3 is 2.93 bits per heavy atom. The highest BCUT2D eigenvalue weighted by atomic mass is 16.2. The third-order valence-electron chi connectivity index (χ3n) is 5.49. The maximum atomic E-state index is 12.8. The number of pyridine rings is 2. The number of hydrogen-bond donors (Lipinski definition) is 2. The largest absolute Gasteiger partial charge is 0.350 e. The van der Waals surface area contributed by atoms with Gasteiger partial charge in [-0.2, -0.15) is 0 Å². The molecule has 0 aliphatic heterocycles. The molecule has 1 fully saturated rings. The molecule has 1 aliphatic carbocycles. The van der Waals surface area contributed by atoms with Gasteiger partial charge in [-0.05, 0) is 61.4 Å². The van der Waals surface area contributed by atoms with Crippen molar-refractivity contribution in [3.05, 3.63) is 81.7 Å². The average Bonchev–Trinajstić information content (AvgIpc) is 3.48. The summed E-state index contributed by atoms with van der Waals surface area (Å²) in [7, 11) is 0. The van der Waals surface area contributed by atoms with E-state index < -0.39 is 0 Å². The van der Waals surface area contributed by atoms with E-state index >= 15 is 0 Å². The number of aryl methyl sites for hydroxylation is 1. The van der Waals surface area contributed by atoms with Crippen LogP contribution < -0.4 is 10.9 Å². The fraction of sp³-hybridized carbons (Fsp3) is 0.261. The van der Waals surface area contributed by atoms with Crippen LogP contribution in [0.4, 0.5) is 0 Å². The second kappa shape index (κ2) is 6.88. The van der Waals surface area contributed by atoms with Crippen molar-refractivity contribution in [2.75, 3.05) is 6.54 Å². The van der Waals surface area contributed by atoms with Crippen molar-refractivity contribution in [1.29, 1.82) is 0 Å². The number of nitrogens with zero attached hydrogens (tertiary/aromatic N) is 2. The molecule has 1 amide bonds. The molecule has 1 saturated carbocycles. The summed E-state index contributed by atoms with van der Waals surface area (Å²) in [6, 6.07) is 13.7. The lowest BCUT2D eigenvalue weighted by Crippen LogP contribution is -2.28. The number of fused-ring (bicyclic) bond motifs is 2. The molecule has 29 heavy (non-hydrogen) atoms. The Labute approximate surface area is 167 Å². The number of carbonyl (C=O) groups excluding carboxylic acids is 1. The van der Waals surface area contributed by atoms with Crippen molar-refractivity contribution in [1.82, 2.24) is 19.7 Å². The SMILES string of the molecule is Cc1ccc2cc(CCNC(=O)c3nc(C4CC4)n4ccccc34)c(=O)[nH]c2c1.